The van der Waals surface area contributed by atoms with Crippen LogP contribution in [0.3, 0.4) is 0 Å². The van der Waals surface area contributed by atoms with Crippen LogP contribution in [-0.2, 0) is 104 Å². The van der Waals surface area contributed by atoms with Crippen molar-refractivity contribution in [3.63, 3.8) is 0 Å². The number of alkyl halides is 2. The number of Topliss-reactive ketones (excluding diaryl/α,β-unsaturated/α-hetero) is 1. The van der Waals surface area contributed by atoms with Crippen LogP contribution in [0, 0.1) is 28.6 Å². The van der Waals surface area contributed by atoms with Crippen molar-refractivity contribution in [1.29, 1.82) is 0 Å². The fraction of sp³-hybridized carbons (Fsp3) is 0.691. The summed E-state index contributed by atoms with van der Waals surface area (Å²) in [5.41, 5.74) is -0.476. The molecule has 3 saturated carbocycles. The first kappa shape index (κ1) is 93.6. The van der Waals surface area contributed by atoms with Crippen molar-refractivity contribution in [2.24, 2.45) is 34.3 Å². The summed E-state index contributed by atoms with van der Waals surface area (Å²) in [6.07, 6.45) is -4.63. The number of aliphatic hydroxyl groups excluding tert-OH is 5. The van der Waals surface area contributed by atoms with Gasteiger partial charge in [-0.1, -0.05) is 70.4 Å². The lowest BCUT2D eigenvalue weighted by molar-refractivity contribution is -0.254. The van der Waals surface area contributed by atoms with Crippen molar-refractivity contribution in [1.82, 2.24) is 46.5 Å². The molecule has 19 atom stereocenters. The molecule has 4 heterocycles. The average Bonchev–Trinajstić information content (AvgIpc) is 1.11. The summed E-state index contributed by atoms with van der Waals surface area (Å²) in [6, 6.07) is 1.33. The molecule has 10 rings (SSSR count). The highest BCUT2D eigenvalue weighted by Crippen LogP contribution is 2.72. The summed E-state index contributed by atoms with van der Waals surface area (Å²) in [7, 11) is 0. The molecular formula is C81H115F2N11O26. The SMILES string of the molecule is CCCC1O[C@@H]2C[C@H]3[C@@H]4C[C@H](F)C5=CC(=O)C=C[C@]5(C)[C@@]4(F)[C@@H](O)C[C@]3(C)[C@]2(C(=O)COC(=O)OCc2ccc(NC(=O)[C@H](CCCNC(N)=O)NC(=O)[C@@H](NC(=O)[C@@H](CCCCNC(=O)COC3CCCCCc4c3nnn4[C@@H]3O[C@H](CO)[C@H](O)[C@H](O)[C@H]3O)NC(=O)CCOCCOCCOCCOCCN3C(=O)C=CC3=O)C(C)C)cc2)O1. The second kappa shape index (κ2) is 42.9. The molecule has 1 aromatic carbocycles. The molecule has 8 aliphatic rings. The smallest absolute Gasteiger partial charge is 0.429 e. The average molecular weight is 1700 g/mol. The Labute approximate surface area is 692 Å². The molecule has 2 saturated heterocycles. The molecule has 0 bridgehead atoms. The van der Waals surface area contributed by atoms with Gasteiger partial charge in [0.15, 0.2) is 36.2 Å². The minimum Gasteiger partial charge on any atom is -0.429 e. The summed E-state index contributed by atoms with van der Waals surface area (Å²) in [5, 5.41) is 78.4. The maximum absolute atomic E-state index is 18.0. The molecule has 120 heavy (non-hydrogen) atoms. The molecule has 13 N–H and O–H groups in total. The van der Waals surface area contributed by atoms with E-state index in [1.54, 1.807) is 20.8 Å². The highest BCUT2D eigenvalue weighted by molar-refractivity contribution is 6.13. The van der Waals surface area contributed by atoms with E-state index >= 15 is 8.78 Å². The molecule has 0 spiro atoms. The van der Waals surface area contributed by atoms with E-state index in [2.05, 4.69) is 42.2 Å². The van der Waals surface area contributed by atoms with Crippen molar-refractivity contribution in [3.8, 4) is 0 Å². The second-order valence-corrected chi connectivity index (χ2v) is 32.3. The number of benzene rings is 1. The van der Waals surface area contributed by atoms with E-state index in [4.69, 9.17) is 53.1 Å². The van der Waals surface area contributed by atoms with E-state index in [-0.39, 0.29) is 142 Å². The Bertz CT molecular complexity index is 4000. The number of ketones is 2. The fourth-order valence-electron chi connectivity index (χ4n) is 17.7. The summed E-state index contributed by atoms with van der Waals surface area (Å²) in [6.45, 7) is 7.58. The molecule has 1 aromatic heterocycles. The Morgan fingerprint density at radius 2 is 1.41 bits per heavy atom. The van der Waals surface area contributed by atoms with Crippen molar-refractivity contribution in [3.05, 3.63) is 77.2 Å². The number of nitrogens with zero attached hydrogens (tertiary/aromatic N) is 4. The number of halogens is 2. The Balaban J connectivity index is 0.716. The zero-order chi connectivity index (χ0) is 86.6. The quantitative estimate of drug-likeness (QED) is 0.0255. The first-order valence-corrected chi connectivity index (χ1v) is 41.3. The molecule has 2 unspecified atom stereocenters. The first-order chi connectivity index (χ1) is 57.4. The van der Waals surface area contributed by atoms with Gasteiger partial charge in [-0.15, -0.1) is 5.10 Å². The van der Waals surface area contributed by atoms with Gasteiger partial charge in [0, 0.05) is 54.1 Å². The van der Waals surface area contributed by atoms with E-state index < -0.39 is 204 Å². The summed E-state index contributed by atoms with van der Waals surface area (Å²) >= 11 is 0. The number of ether oxygens (including phenoxy) is 10. The number of nitrogens with two attached hydrogens (primary N) is 1. The zero-order valence-corrected chi connectivity index (χ0v) is 68.3. The van der Waals surface area contributed by atoms with Crippen molar-refractivity contribution >= 4 is 70.8 Å². The third-order valence-electron chi connectivity index (χ3n) is 24.0. The summed E-state index contributed by atoms with van der Waals surface area (Å²) in [5.74, 6) is -7.83. The number of allylic oxidation sites excluding steroid dienone is 4. The van der Waals surface area contributed by atoms with E-state index in [0.29, 0.717) is 55.5 Å². The minimum atomic E-state index is -2.44. The summed E-state index contributed by atoms with van der Waals surface area (Å²) in [4.78, 5) is 147. The number of nitrogens with one attached hydrogen (secondary N) is 6. The number of hydrogen-bond acceptors (Lipinski definition) is 28. The molecule has 9 amide bonds. The van der Waals surface area contributed by atoms with Crippen molar-refractivity contribution < 1.29 is 134 Å². The number of aliphatic hydroxyl groups is 5. The van der Waals surface area contributed by atoms with Gasteiger partial charge in [-0.2, -0.15) is 0 Å². The number of unbranched alkanes of at least 4 members (excludes halogenated alkanes) is 1. The van der Waals surface area contributed by atoms with E-state index in [9.17, 15) is 78.3 Å². The third kappa shape index (κ3) is 22.0. The molecule has 39 heteroatoms. The Kier molecular flexibility index (Phi) is 33.4. The molecular weight excluding hydrogens is 1580 g/mol. The monoisotopic (exact) mass is 1700 g/mol. The van der Waals surface area contributed by atoms with Gasteiger partial charge in [0.1, 0.15) is 73.7 Å². The molecule has 0 radical (unpaired) electrons. The zero-order valence-electron chi connectivity index (χ0n) is 68.3. The highest BCUT2D eigenvalue weighted by Gasteiger charge is 2.80. The summed E-state index contributed by atoms with van der Waals surface area (Å²) < 4.78 is 93.4. The van der Waals surface area contributed by atoms with Crippen LogP contribution in [0.4, 0.5) is 24.1 Å². The number of carbonyl (C=O) groups is 11. The van der Waals surface area contributed by atoms with Crippen LogP contribution in [0.5, 0.6) is 0 Å². The molecule has 2 aromatic rings. The van der Waals surface area contributed by atoms with Crippen LogP contribution in [0.25, 0.3) is 0 Å². The number of carbonyl (C=O) groups excluding carboxylic acids is 11. The Morgan fingerprint density at radius 1 is 0.733 bits per heavy atom. The van der Waals surface area contributed by atoms with Crippen molar-refractivity contribution in [2.45, 2.75) is 235 Å². The number of aromatic nitrogens is 3. The normalized spacial score (nSPS) is 29.3. The van der Waals surface area contributed by atoms with Crippen LogP contribution in [0.2, 0.25) is 0 Å². The van der Waals surface area contributed by atoms with Crippen LogP contribution < -0.4 is 37.6 Å². The molecule has 5 fully saturated rings. The van der Waals surface area contributed by atoms with Gasteiger partial charge >= 0.3 is 12.2 Å². The van der Waals surface area contributed by atoms with Gasteiger partial charge in [0.2, 0.25) is 35.3 Å². The van der Waals surface area contributed by atoms with E-state index in [1.807, 2.05) is 6.92 Å². The lowest BCUT2D eigenvalue weighted by atomic mass is 9.44. The fourth-order valence-corrected chi connectivity index (χ4v) is 17.7. The lowest BCUT2D eigenvalue weighted by Crippen LogP contribution is -2.71. The molecule has 3 aliphatic heterocycles. The standard InChI is InChI=1S/C81H115F2N11O26/c1-6-13-66-119-61-40-50-51-39-53(82)52-38-49(96)24-26-78(52,4)80(51,83)59(97)41-79(50,5)81(61,120-66)60(98)44-117-77(110)116-43-47-18-20-48(21-19-47)87-72(106)55(15-12-28-86-76(84)109)89-74(108)67(46(2)3)90-73(107)54(88-62(99)25-30-111-32-34-113-36-37-114-35-33-112-31-29-93-64(101)22-23-65(93)102)14-10-11-27-85-63(100)45-115-57-17-9-7-8-16-56-68(57)91-92-94(56)75-71(105)70(104)69(103)58(42-95)118-75/h18-24,26,38,46,50-51,53-55,57-59,61,66-67,69-71,75,95,97,103-105H,6-17,25,27-37,39-45H2,1-5H3,(H,85,100)(H,87,106)(H,88,99)(H,89,108)(H,90,107)(H3,84,86,109)/t50-,51-,53-,54+,55-,57?,58+,59-,61+,66?,67-,69-,70-,71+,75+,78-,79-,80-,81+/m0/s1. The minimum absolute atomic E-state index is 0.0107. The van der Waals surface area contributed by atoms with Crippen LogP contribution >= 0.6 is 0 Å². The van der Waals surface area contributed by atoms with Crippen molar-refractivity contribution in [2.75, 3.05) is 97.6 Å². The maximum Gasteiger partial charge on any atom is 0.509 e. The van der Waals surface area contributed by atoms with E-state index in [1.165, 1.54) is 60.2 Å². The third-order valence-corrected chi connectivity index (χ3v) is 24.0. The van der Waals surface area contributed by atoms with E-state index in [0.717, 1.165) is 23.8 Å². The largest absolute Gasteiger partial charge is 0.509 e. The van der Waals surface area contributed by atoms with Gasteiger partial charge < -0.3 is 111 Å². The number of rotatable bonds is 44. The topological polar surface area (TPSA) is 513 Å². The maximum atomic E-state index is 18.0. The Morgan fingerprint density at radius 3 is 2.09 bits per heavy atom. The van der Waals surface area contributed by atoms with Crippen LogP contribution in [0.1, 0.15) is 160 Å². The van der Waals surface area contributed by atoms with Crippen LogP contribution in [-0.4, -0.2) is 281 Å². The number of anilines is 1. The highest BCUT2D eigenvalue weighted by atomic mass is 19.1. The number of fused-ring (bicyclic) bond motifs is 8. The number of hydrogen-bond donors (Lipinski definition) is 12. The lowest BCUT2D eigenvalue weighted by Gasteiger charge is -2.63. The van der Waals surface area contributed by atoms with Gasteiger partial charge in [-0.05, 0) is 131 Å². The molecule has 5 aliphatic carbocycles. The van der Waals surface area contributed by atoms with Crippen LogP contribution in [0.15, 0.2) is 60.2 Å². The Hall–Kier alpha value is -8.71. The van der Waals surface area contributed by atoms with Gasteiger partial charge in [-0.3, -0.25) is 48.1 Å². The molecule has 37 nitrogen and oxygen atoms in total. The molecule has 664 valence electrons. The first-order valence-electron chi connectivity index (χ1n) is 41.3. The second-order valence-electron chi connectivity index (χ2n) is 32.3. The van der Waals surface area contributed by atoms with Gasteiger partial charge in [0.05, 0.1) is 83.9 Å². The number of amides is 9. The number of urea groups is 1. The predicted molar refractivity (Wildman–Crippen MR) is 416 cm³/mol. The number of imide groups is 1. The number of primary amides is 1. The predicted octanol–water partition coefficient (Wildman–Crippen LogP) is 1.72. The van der Waals surface area contributed by atoms with Gasteiger partial charge in [-0.25, -0.2) is 23.1 Å². The van der Waals surface area contributed by atoms with Gasteiger partial charge in [0.25, 0.3) is 11.8 Å².